The predicted molar refractivity (Wildman–Crippen MR) is 95.0 cm³/mol. The van der Waals surface area contributed by atoms with Gasteiger partial charge in [0.15, 0.2) is 0 Å². The average Bonchev–Trinajstić information content (AvgIpc) is 3.04. The van der Waals surface area contributed by atoms with Crippen LogP contribution in [-0.4, -0.2) is 72.0 Å². The molecular formula is C18H22F6N4O4. The molecule has 0 bridgehead atoms. The van der Waals surface area contributed by atoms with Crippen LogP contribution in [0.4, 0.5) is 26.3 Å². The molecule has 2 heterocycles. The van der Waals surface area contributed by atoms with E-state index in [9.17, 15) is 31.1 Å². The SMILES string of the molecule is C=C(CCc1nnc([C@H]2C[C@@H](OC(F)(F)F)C2)o1)NC(=O)COC1CN(CC(F)(F)F)C1. The molecule has 32 heavy (non-hydrogen) atoms. The molecule has 1 saturated carbocycles. The van der Waals surface area contributed by atoms with E-state index in [2.05, 4.69) is 26.8 Å². The normalized spacial score (nSPS) is 22.3. The number of nitrogens with one attached hydrogen (secondary N) is 1. The Bertz CT molecular complexity index is 800. The molecule has 2 aliphatic rings. The monoisotopic (exact) mass is 472 g/mol. The van der Waals surface area contributed by atoms with E-state index in [1.54, 1.807) is 0 Å². The number of aromatic nitrogens is 2. The van der Waals surface area contributed by atoms with Crippen molar-refractivity contribution in [2.45, 2.75) is 56.3 Å². The Morgan fingerprint density at radius 3 is 2.47 bits per heavy atom. The van der Waals surface area contributed by atoms with Crippen LogP contribution in [0.1, 0.15) is 37.0 Å². The van der Waals surface area contributed by atoms with E-state index in [-0.39, 0.29) is 63.1 Å². The maximum absolute atomic E-state index is 12.2. The van der Waals surface area contributed by atoms with Gasteiger partial charge in [-0.15, -0.1) is 23.4 Å². The van der Waals surface area contributed by atoms with Crippen LogP contribution >= 0.6 is 0 Å². The highest BCUT2D eigenvalue weighted by atomic mass is 19.4. The number of carbonyl (C=O) groups excluding carboxylic acids is 1. The fourth-order valence-electron chi connectivity index (χ4n) is 3.34. The Labute approximate surface area is 178 Å². The third-order valence-electron chi connectivity index (χ3n) is 4.96. The van der Waals surface area contributed by atoms with Crippen LogP contribution in [0.3, 0.4) is 0 Å². The quantitative estimate of drug-likeness (QED) is 0.524. The number of halogens is 6. The van der Waals surface area contributed by atoms with Gasteiger partial charge in [-0.1, -0.05) is 6.58 Å². The van der Waals surface area contributed by atoms with Gasteiger partial charge in [0.1, 0.15) is 6.61 Å². The number of amides is 1. The molecule has 1 aliphatic carbocycles. The lowest BCUT2D eigenvalue weighted by molar-refractivity contribution is -0.352. The molecular weight excluding hydrogens is 450 g/mol. The van der Waals surface area contributed by atoms with E-state index in [0.29, 0.717) is 5.70 Å². The molecule has 1 amide bonds. The van der Waals surface area contributed by atoms with Gasteiger partial charge in [0, 0.05) is 31.1 Å². The molecule has 2 fully saturated rings. The highest BCUT2D eigenvalue weighted by Crippen LogP contribution is 2.40. The number of alkyl halides is 6. The predicted octanol–water partition coefficient (Wildman–Crippen LogP) is 2.68. The summed E-state index contributed by atoms with van der Waals surface area (Å²) in [6.45, 7) is 2.61. The van der Waals surface area contributed by atoms with E-state index in [0.717, 1.165) is 0 Å². The Balaban J connectivity index is 1.28. The summed E-state index contributed by atoms with van der Waals surface area (Å²) in [5.74, 6) is -0.279. The van der Waals surface area contributed by atoms with E-state index < -0.39 is 37.2 Å². The summed E-state index contributed by atoms with van der Waals surface area (Å²) in [6, 6.07) is 0. The lowest BCUT2D eigenvalue weighted by Gasteiger charge is -2.38. The van der Waals surface area contributed by atoms with Crippen molar-refractivity contribution >= 4 is 5.91 Å². The van der Waals surface area contributed by atoms with Crippen molar-refractivity contribution in [3.8, 4) is 0 Å². The molecule has 0 aromatic carbocycles. The lowest BCUT2D eigenvalue weighted by Crippen LogP contribution is -2.55. The van der Waals surface area contributed by atoms with Gasteiger partial charge in [-0.25, -0.2) is 0 Å². The number of aryl methyl sites for hydroxylation is 1. The van der Waals surface area contributed by atoms with Gasteiger partial charge < -0.3 is 14.5 Å². The summed E-state index contributed by atoms with van der Waals surface area (Å²) < 4.78 is 87.7. The van der Waals surface area contributed by atoms with Gasteiger partial charge in [0.25, 0.3) is 0 Å². The lowest BCUT2D eigenvalue weighted by atomic mass is 9.82. The molecule has 0 radical (unpaired) electrons. The zero-order valence-electron chi connectivity index (χ0n) is 16.8. The van der Waals surface area contributed by atoms with Crippen LogP contribution in [0.15, 0.2) is 16.7 Å². The van der Waals surface area contributed by atoms with E-state index in [1.807, 2.05) is 0 Å². The highest BCUT2D eigenvalue weighted by molar-refractivity contribution is 5.78. The molecule has 1 aliphatic heterocycles. The highest BCUT2D eigenvalue weighted by Gasteiger charge is 2.42. The van der Waals surface area contributed by atoms with Gasteiger partial charge in [-0.3, -0.25) is 14.4 Å². The number of ether oxygens (including phenoxy) is 2. The molecule has 1 N–H and O–H groups in total. The Morgan fingerprint density at radius 1 is 1.16 bits per heavy atom. The molecule has 0 atom stereocenters. The molecule has 14 heteroatoms. The van der Waals surface area contributed by atoms with Crippen LogP contribution in [0.2, 0.25) is 0 Å². The van der Waals surface area contributed by atoms with Gasteiger partial charge in [0.05, 0.1) is 18.8 Å². The zero-order chi connectivity index (χ0) is 23.5. The average molecular weight is 472 g/mol. The first-order chi connectivity index (χ1) is 14.9. The van der Waals surface area contributed by atoms with E-state index in [1.165, 1.54) is 4.90 Å². The molecule has 1 aromatic rings. The van der Waals surface area contributed by atoms with Crippen molar-refractivity contribution in [1.82, 2.24) is 20.4 Å². The maximum Gasteiger partial charge on any atom is 0.522 e. The summed E-state index contributed by atoms with van der Waals surface area (Å²) in [5, 5.41) is 10.2. The smallest absolute Gasteiger partial charge is 0.425 e. The van der Waals surface area contributed by atoms with Crippen LogP contribution < -0.4 is 5.32 Å². The molecule has 1 saturated heterocycles. The largest absolute Gasteiger partial charge is 0.522 e. The minimum atomic E-state index is -4.67. The minimum absolute atomic E-state index is 0.108. The summed E-state index contributed by atoms with van der Waals surface area (Å²) in [7, 11) is 0. The first-order valence-corrected chi connectivity index (χ1v) is 9.81. The topological polar surface area (TPSA) is 89.7 Å². The number of allylic oxidation sites excluding steroid dienone is 1. The van der Waals surface area contributed by atoms with Crippen LogP contribution in [0.5, 0.6) is 0 Å². The Morgan fingerprint density at radius 2 is 1.84 bits per heavy atom. The molecule has 180 valence electrons. The number of likely N-dealkylation sites (tertiary alicyclic amines) is 1. The first-order valence-electron chi connectivity index (χ1n) is 9.81. The minimum Gasteiger partial charge on any atom is -0.425 e. The second kappa shape index (κ2) is 9.75. The number of hydrogen-bond donors (Lipinski definition) is 1. The van der Waals surface area contributed by atoms with Crippen molar-refractivity contribution in [3.63, 3.8) is 0 Å². The number of rotatable bonds is 10. The van der Waals surface area contributed by atoms with Gasteiger partial charge >= 0.3 is 12.5 Å². The van der Waals surface area contributed by atoms with E-state index in [4.69, 9.17) is 9.15 Å². The number of hydrogen-bond acceptors (Lipinski definition) is 7. The second-order valence-electron chi connectivity index (χ2n) is 7.78. The maximum atomic E-state index is 12.2. The van der Waals surface area contributed by atoms with Crippen molar-refractivity contribution in [2.75, 3.05) is 26.2 Å². The third-order valence-corrected chi connectivity index (χ3v) is 4.96. The molecule has 0 unspecified atom stereocenters. The molecule has 8 nitrogen and oxygen atoms in total. The standard InChI is InChI=1S/C18H22F6N4O4/c1-10(25-14(29)8-30-13-6-28(7-13)9-17(19,20)21)2-3-15-26-27-16(31-15)11-4-12(5-11)32-18(22,23)24/h11-13H,1-9H2,(H,25,29)/t11-,12+. The van der Waals surface area contributed by atoms with Crippen molar-refractivity contribution < 1.29 is 45.0 Å². The first kappa shape index (κ1) is 24.5. The molecule has 0 spiro atoms. The van der Waals surface area contributed by atoms with Crippen molar-refractivity contribution in [1.29, 1.82) is 0 Å². The summed E-state index contributed by atoms with van der Waals surface area (Å²) >= 11 is 0. The Kier molecular flexibility index (Phi) is 7.45. The third kappa shape index (κ3) is 7.74. The second-order valence-corrected chi connectivity index (χ2v) is 7.78. The fourth-order valence-corrected chi connectivity index (χ4v) is 3.34. The van der Waals surface area contributed by atoms with Crippen molar-refractivity contribution in [3.05, 3.63) is 24.1 Å². The van der Waals surface area contributed by atoms with Gasteiger partial charge in [-0.05, 0) is 19.3 Å². The summed E-state index contributed by atoms with van der Waals surface area (Å²) in [5.41, 5.74) is 0.355. The number of nitrogens with zero attached hydrogens (tertiary/aromatic N) is 3. The fraction of sp³-hybridized carbons (Fsp3) is 0.722. The van der Waals surface area contributed by atoms with Crippen LogP contribution in [-0.2, 0) is 20.7 Å². The van der Waals surface area contributed by atoms with E-state index >= 15 is 0 Å². The van der Waals surface area contributed by atoms with Gasteiger partial charge in [0.2, 0.25) is 17.7 Å². The molecule has 3 rings (SSSR count). The van der Waals surface area contributed by atoms with Crippen molar-refractivity contribution in [2.24, 2.45) is 0 Å². The van der Waals surface area contributed by atoms with Crippen LogP contribution in [0, 0.1) is 0 Å². The summed E-state index contributed by atoms with van der Waals surface area (Å²) in [4.78, 5) is 13.0. The van der Waals surface area contributed by atoms with Crippen LogP contribution in [0.25, 0.3) is 0 Å². The van der Waals surface area contributed by atoms with Gasteiger partial charge in [-0.2, -0.15) is 13.2 Å². The summed E-state index contributed by atoms with van der Waals surface area (Å²) in [6.07, 6.45) is -9.46. The number of carbonyl (C=O) groups is 1. The Hall–Kier alpha value is -2.19. The zero-order valence-corrected chi connectivity index (χ0v) is 16.8. The molecule has 1 aromatic heterocycles.